The largest absolute Gasteiger partial charge is 0.309 e. The second-order valence-corrected chi connectivity index (χ2v) is 6.65. The van der Waals surface area contributed by atoms with Crippen molar-refractivity contribution in [3.63, 3.8) is 0 Å². The fraction of sp³-hybridized carbons (Fsp3) is 0.412. The van der Waals surface area contributed by atoms with Crippen molar-refractivity contribution in [1.82, 2.24) is 5.32 Å². The number of halogens is 2. The number of aryl methyl sites for hydroxylation is 1. The van der Waals surface area contributed by atoms with Crippen LogP contribution in [-0.4, -0.2) is 6.54 Å². The highest BCUT2D eigenvalue weighted by atomic mass is 32.1. The molecule has 0 fully saturated rings. The van der Waals surface area contributed by atoms with E-state index in [4.69, 9.17) is 0 Å². The molecule has 21 heavy (non-hydrogen) atoms. The zero-order valence-corrected chi connectivity index (χ0v) is 13.7. The van der Waals surface area contributed by atoms with E-state index in [0.29, 0.717) is 16.4 Å². The molecule has 1 heterocycles. The van der Waals surface area contributed by atoms with Gasteiger partial charge < -0.3 is 5.32 Å². The molecule has 0 saturated carbocycles. The fourth-order valence-electron chi connectivity index (χ4n) is 2.42. The molecule has 0 spiro atoms. The van der Waals surface area contributed by atoms with Crippen LogP contribution in [0.15, 0.2) is 24.3 Å². The van der Waals surface area contributed by atoms with Crippen molar-refractivity contribution in [3.8, 4) is 10.4 Å². The second kappa shape index (κ2) is 6.67. The van der Waals surface area contributed by atoms with Gasteiger partial charge in [-0.3, -0.25) is 0 Å². The molecule has 0 saturated heterocycles. The van der Waals surface area contributed by atoms with Crippen LogP contribution >= 0.6 is 11.3 Å². The first-order valence-electron chi connectivity index (χ1n) is 7.23. The average Bonchev–Trinajstić information content (AvgIpc) is 2.89. The first-order valence-corrected chi connectivity index (χ1v) is 8.05. The maximum atomic E-state index is 14.2. The van der Waals surface area contributed by atoms with Crippen LogP contribution in [0.1, 0.15) is 37.3 Å². The lowest BCUT2D eigenvalue weighted by Crippen LogP contribution is -2.24. The number of nitrogens with one attached hydrogen (secondary N) is 1. The zero-order chi connectivity index (χ0) is 15.6. The lowest BCUT2D eigenvalue weighted by Gasteiger charge is -2.20. The van der Waals surface area contributed by atoms with Crippen molar-refractivity contribution in [2.45, 2.75) is 33.7 Å². The van der Waals surface area contributed by atoms with E-state index in [1.807, 2.05) is 12.1 Å². The fourth-order valence-corrected chi connectivity index (χ4v) is 3.72. The van der Waals surface area contributed by atoms with Gasteiger partial charge in [-0.1, -0.05) is 26.8 Å². The van der Waals surface area contributed by atoms with Gasteiger partial charge in [0.25, 0.3) is 0 Å². The molecular weight excluding hydrogens is 288 g/mol. The predicted octanol–water partition coefficient (Wildman–Crippen LogP) is 5.31. The van der Waals surface area contributed by atoms with Crippen molar-refractivity contribution in [3.05, 3.63) is 46.3 Å². The Labute approximate surface area is 129 Å². The minimum Gasteiger partial charge on any atom is -0.309 e. The minimum absolute atomic E-state index is 0.0882. The summed E-state index contributed by atoms with van der Waals surface area (Å²) >= 11 is 1.46. The first kappa shape index (κ1) is 16.1. The molecule has 0 aliphatic heterocycles. The lowest BCUT2D eigenvalue weighted by atomic mass is 10.0. The summed E-state index contributed by atoms with van der Waals surface area (Å²) in [6.07, 6.45) is 0. The van der Waals surface area contributed by atoms with Gasteiger partial charge in [-0.05, 0) is 43.1 Å². The maximum absolute atomic E-state index is 14.2. The van der Waals surface area contributed by atoms with Crippen LogP contribution in [0, 0.1) is 24.5 Å². The van der Waals surface area contributed by atoms with Gasteiger partial charge in [0.15, 0.2) is 0 Å². The summed E-state index contributed by atoms with van der Waals surface area (Å²) in [5.41, 5.74) is 0.554. The monoisotopic (exact) mass is 309 g/mol. The van der Waals surface area contributed by atoms with Crippen LogP contribution in [0.25, 0.3) is 10.4 Å². The van der Waals surface area contributed by atoms with Gasteiger partial charge in [0.1, 0.15) is 11.6 Å². The van der Waals surface area contributed by atoms with E-state index in [1.165, 1.54) is 23.5 Å². The number of rotatable bonds is 5. The number of benzene rings is 1. The quantitative estimate of drug-likeness (QED) is 0.789. The highest BCUT2D eigenvalue weighted by molar-refractivity contribution is 7.15. The van der Waals surface area contributed by atoms with Crippen molar-refractivity contribution in [1.29, 1.82) is 0 Å². The van der Waals surface area contributed by atoms with Crippen LogP contribution < -0.4 is 5.32 Å². The van der Waals surface area contributed by atoms with Gasteiger partial charge in [-0.15, -0.1) is 11.3 Å². The SMILES string of the molecule is CCNC(c1ccc(-c2c(F)ccc(C)c2F)s1)C(C)C. The summed E-state index contributed by atoms with van der Waals surface area (Å²) in [6, 6.07) is 6.79. The van der Waals surface area contributed by atoms with E-state index >= 15 is 0 Å². The molecule has 4 heteroatoms. The third-order valence-corrected chi connectivity index (χ3v) is 4.74. The molecular formula is C17H21F2NS. The smallest absolute Gasteiger partial charge is 0.137 e. The van der Waals surface area contributed by atoms with Crippen LogP contribution in [0.2, 0.25) is 0 Å². The van der Waals surface area contributed by atoms with E-state index in [1.54, 1.807) is 6.92 Å². The normalized spacial score (nSPS) is 12.9. The summed E-state index contributed by atoms with van der Waals surface area (Å²) < 4.78 is 28.2. The zero-order valence-electron chi connectivity index (χ0n) is 12.8. The Balaban J connectivity index is 2.43. The third kappa shape index (κ3) is 3.33. The van der Waals surface area contributed by atoms with Gasteiger partial charge in [-0.25, -0.2) is 8.78 Å². The van der Waals surface area contributed by atoms with E-state index in [0.717, 1.165) is 11.4 Å². The molecule has 0 radical (unpaired) electrons. The summed E-state index contributed by atoms with van der Waals surface area (Å²) in [5.74, 6) is -0.548. The lowest BCUT2D eigenvalue weighted by molar-refractivity contribution is 0.428. The Kier molecular flexibility index (Phi) is 5.12. The van der Waals surface area contributed by atoms with E-state index in [9.17, 15) is 8.78 Å². The first-order chi connectivity index (χ1) is 9.95. The second-order valence-electron chi connectivity index (χ2n) is 5.53. The topological polar surface area (TPSA) is 12.0 Å². The van der Waals surface area contributed by atoms with Gasteiger partial charge in [0.2, 0.25) is 0 Å². The van der Waals surface area contributed by atoms with Gasteiger partial charge >= 0.3 is 0 Å². The number of hydrogen-bond donors (Lipinski definition) is 1. The Morgan fingerprint density at radius 1 is 1.14 bits per heavy atom. The predicted molar refractivity (Wildman–Crippen MR) is 85.7 cm³/mol. The van der Waals surface area contributed by atoms with Crippen molar-refractivity contribution in [2.24, 2.45) is 5.92 Å². The summed E-state index contributed by atoms with van der Waals surface area (Å²) in [6.45, 7) is 8.86. The summed E-state index contributed by atoms with van der Waals surface area (Å²) in [7, 11) is 0. The van der Waals surface area contributed by atoms with E-state index < -0.39 is 11.6 Å². The van der Waals surface area contributed by atoms with Crippen molar-refractivity contribution in [2.75, 3.05) is 6.54 Å². The van der Waals surface area contributed by atoms with E-state index in [2.05, 4.69) is 26.1 Å². The molecule has 0 aliphatic rings. The number of hydrogen-bond acceptors (Lipinski definition) is 2. The van der Waals surface area contributed by atoms with Crippen LogP contribution in [0.5, 0.6) is 0 Å². The highest BCUT2D eigenvalue weighted by Gasteiger charge is 2.20. The van der Waals surface area contributed by atoms with Crippen LogP contribution in [0.3, 0.4) is 0 Å². The third-order valence-electron chi connectivity index (χ3n) is 3.55. The van der Waals surface area contributed by atoms with Gasteiger partial charge in [0, 0.05) is 15.8 Å². The van der Waals surface area contributed by atoms with Crippen LogP contribution in [0.4, 0.5) is 8.78 Å². The molecule has 1 aromatic carbocycles. The van der Waals surface area contributed by atoms with Crippen molar-refractivity contribution < 1.29 is 8.78 Å². The summed E-state index contributed by atoms with van der Waals surface area (Å²) in [5, 5.41) is 3.43. The molecule has 2 rings (SSSR count). The molecule has 0 amide bonds. The Hall–Kier alpha value is -1.26. The molecule has 1 nitrogen and oxygen atoms in total. The molecule has 1 unspecified atom stereocenters. The standard InChI is InChI=1S/C17H21F2NS/c1-5-20-17(10(2)3)14-9-8-13(21-14)15-12(18)7-6-11(4)16(15)19/h6-10,17,20H,5H2,1-4H3. The minimum atomic E-state index is -0.504. The Bertz CT molecular complexity index is 619. The highest BCUT2D eigenvalue weighted by Crippen LogP contribution is 2.37. The molecule has 114 valence electrons. The summed E-state index contributed by atoms with van der Waals surface area (Å²) in [4.78, 5) is 1.76. The average molecular weight is 309 g/mol. The van der Waals surface area contributed by atoms with Gasteiger partial charge in [-0.2, -0.15) is 0 Å². The Morgan fingerprint density at radius 2 is 1.86 bits per heavy atom. The molecule has 1 atom stereocenters. The molecule has 1 N–H and O–H groups in total. The van der Waals surface area contributed by atoms with E-state index in [-0.39, 0.29) is 11.6 Å². The molecule has 0 bridgehead atoms. The van der Waals surface area contributed by atoms with Gasteiger partial charge in [0.05, 0.1) is 5.56 Å². The van der Waals surface area contributed by atoms with Crippen molar-refractivity contribution >= 4 is 11.3 Å². The Morgan fingerprint density at radius 3 is 2.48 bits per heavy atom. The molecule has 0 aliphatic carbocycles. The molecule has 1 aromatic heterocycles. The maximum Gasteiger partial charge on any atom is 0.137 e. The number of thiophene rings is 1. The molecule has 2 aromatic rings. The van der Waals surface area contributed by atoms with Crippen LogP contribution in [-0.2, 0) is 0 Å².